The van der Waals surface area contributed by atoms with Crippen molar-refractivity contribution in [1.82, 2.24) is 0 Å². The van der Waals surface area contributed by atoms with Gasteiger partial charge in [0.25, 0.3) is 0 Å². The summed E-state index contributed by atoms with van der Waals surface area (Å²) in [5.41, 5.74) is 0. The van der Waals surface area contributed by atoms with Gasteiger partial charge in [0.1, 0.15) is 0 Å². The second-order valence-corrected chi connectivity index (χ2v) is 18.1. The number of rotatable bonds is 18. The molecule has 0 bridgehead atoms. The highest BCUT2D eigenvalue weighted by atomic mass is 14.2. The van der Waals surface area contributed by atoms with E-state index in [0.717, 1.165) is 76.9 Å². The molecule has 0 spiro atoms. The van der Waals surface area contributed by atoms with E-state index in [1.807, 2.05) is 0 Å². The largest absolute Gasteiger partial charge is 0.0651 e. The van der Waals surface area contributed by atoms with Crippen LogP contribution in [0.2, 0.25) is 0 Å². The van der Waals surface area contributed by atoms with Crippen molar-refractivity contribution in [2.45, 2.75) is 203 Å². The molecule has 0 aliphatic heterocycles. The molecule has 0 nitrogen and oxygen atoms in total. The fourth-order valence-corrected chi connectivity index (χ4v) is 6.15. The first-order valence-corrected chi connectivity index (χ1v) is 19.6. The summed E-state index contributed by atoms with van der Waals surface area (Å²) in [6.07, 6.45) is 12.5. The molecule has 2 atom stereocenters. The Morgan fingerprint density at radius 3 is 0.930 bits per heavy atom. The second-order valence-electron chi connectivity index (χ2n) is 18.1. The minimum Gasteiger partial charge on any atom is -0.0651 e. The van der Waals surface area contributed by atoms with Crippen molar-refractivity contribution in [2.75, 3.05) is 0 Å². The van der Waals surface area contributed by atoms with Crippen molar-refractivity contribution in [1.29, 1.82) is 0 Å². The van der Waals surface area contributed by atoms with Crippen LogP contribution < -0.4 is 0 Å². The van der Waals surface area contributed by atoms with Crippen LogP contribution in [0, 0.1) is 76.9 Å². The maximum atomic E-state index is 2.36. The Hall–Kier alpha value is 0. The smallest absolute Gasteiger partial charge is 0.0368 e. The molecule has 0 aromatic rings. The summed E-state index contributed by atoms with van der Waals surface area (Å²) >= 11 is 0. The molecule has 0 heterocycles. The molecule has 0 radical (unpaired) electrons. The van der Waals surface area contributed by atoms with Crippen LogP contribution in [-0.2, 0) is 0 Å². The summed E-state index contributed by atoms with van der Waals surface area (Å²) in [7, 11) is 0. The molecule has 0 saturated heterocycles. The Bertz CT molecular complexity index is 500. The van der Waals surface area contributed by atoms with Gasteiger partial charge in [0, 0.05) is 0 Å². The lowest BCUT2D eigenvalue weighted by Gasteiger charge is -2.25. The summed E-state index contributed by atoms with van der Waals surface area (Å²) in [5, 5.41) is 0. The number of hydrogen-bond acceptors (Lipinski definition) is 0. The molecule has 0 aliphatic carbocycles. The summed E-state index contributed by atoms with van der Waals surface area (Å²) in [6.45, 7) is 48.8. The van der Waals surface area contributed by atoms with Crippen molar-refractivity contribution >= 4 is 0 Å². The summed E-state index contributed by atoms with van der Waals surface area (Å²) in [4.78, 5) is 0. The molecular formula is C43H94. The average molecular weight is 611 g/mol. The van der Waals surface area contributed by atoms with E-state index < -0.39 is 0 Å². The van der Waals surface area contributed by atoms with Crippen LogP contribution in [0.15, 0.2) is 0 Å². The Labute approximate surface area is 279 Å². The fraction of sp³-hybridized carbons (Fsp3) is 1.00. The third-order valence-corrected chi connectivity index (χ3v) is 9.46. The van der Waals surface area contributed by atoms with Crippen molar-refractivity contribution in [3.8, 4) is 0 Å². The molecule has 0 saturated carbocycles. The molecule has 43 heavy (non-hydrogen) atoms. The molecule has 2 unspecified atom stereocenters. The molecule has 0 heteroatoms. The minimum absolute atomic E-state index is 0.851. The van der Waals surface area contributed by atoms with Crippen molar-refractivity contribution in [3.63, 3.8) is 0 Å². The third kappa shape index (κ3) is 40.0. The highest BCUT2D eigenvalue weighted by Crippen LogP contribution is 2.27. The molecule has 266 valence electrons. The monoisotopic (exact) mass is 611 g/mol. The van der Waals surface area contributed by atoms with Gasteiger partial charge < -0.3 is 0 Å². The predicted octanol–water partition coefficient (Wildman–Crippen LogP) is 15.9. The molecule has 0 aromatic carbocycles. The van der Waals surface area contributed by atoms with E-state index in [9.17, 15) is 0 Å². The summed E-state index contributed by atoms with van der Waals surface area (Å²) < 4.78 is 0. The van der Waals surface area contributed by atoms with Gasteiger partial charge in [0.05, 0.1) is 0 Å². The average Bonchev–Trinajstić information content (AvgIpc) is 2.82. The first-order valence-electron chi connectivity index (χ1n) is 19.6. The van der Waals surface area contributed by atoms with E-state index in [-0.39, 0.29) is 0 Å². The Balaban J connectivity index is -0.000000236. The SMILES string of the molecule is CC(C)CC(C)CC(C)C.CC(C)CCC(C(C)C)C(C)C.CC(C)CCC(C)C(C)C.CCC(CCC(C)C)C(C)C. The van der Waals surface area contributed by atoms with Gasteiger partial charge in [-0.2, -0.15) is 0 Å². The Morgan fingerprint density at radius 2 is 0.674 bits per heavy atom. The summed E-state index contributed by atoms with van der Waals surface area (Å²) in [6, 6.07) is 0. The number of hydrogen-bond donors (Lipinski definition) is 0. The zero-order valence-corrected chi connectivity index (χ0v) is 34.9. The van der Waals surface area contributed by atoms with Crippen LogP contribution in [0.25, 0.3) is 0 Å². The quantitative estimate of drug-likeness (QED) is 0.145. The Kier molecular flexibility index (Phi) is 35.5. The van der Waals surface area contributed by atoms with Crippen molar-refractivity contribution in [3.05, 3.63) is 0 Å². The van der Waals surface area contributed by atoms with Crippen molar-refractivity contribution in [2.24, 2.45) is 76.9 Å². The van der Waals surface area contributed by atoms with Gasteiger partial charge in [0.15, 0.2) is 0 Å². The van der Waals surface area contributed by atoms with Crippen LogP contribution in [-0.4, -0.2) is 0 Å². The van der Waals surface area contributed by atoms with E-state index in [1.165, 1.54) is 57.8 Å². The van der Waals surface area contributed by atoms with E-state index in [1.54, 1.807) is 0 Å². The van der Waals surface area contributed by atoms with Crippen LogP contribution in [0.3, 0.4) is 0 Å². The summed E-state index contributed by atoms with van der Waals surface area (Å²) in [5.74, 6) is 11.5. The van der Waals surface area contributed by atoms with Crippen molar-refractivity contribution < 1.29 is 0 Å². The van der Waals surface area contributed by atoms with Gasteiger partial charge in [-0.1, -0.05) is 178 Å². The van der Waals surface area contributed by atoms with Gasteiger partial charge in [-0.05, 0) is 103 Å². The van der Waals surface area contributed by atoms with Gasteiger partial charge in [0.2, 0.25) is 0 Å². The normalized spacial score (nSPS) is 13.4. The van der Waals surface area contributed by atoms with Crippen LogP contribution in [0.4, 0.5) is 0 Å². The van der Waals surface area contributed by atoms with Crippen LogP contribution >= 0.6 is 0 Å². The molecule has 0 aromatic heterocycles. The standard InChI is InChI=1S/C12H26.C11H24.2C10H22/c1-9(2)7-8-12(10(3)4)11(5)6;1-6-11(10(4)5)8-7-9(2)3;1-8(2)6-10(5)7-9(3)4;1-8(2)6-7-10(5)9(3)4/h9-12H,7-8H2,1-6H3;9-11H,6-8H2,1-5H3;2*8-10H,6-7H2,1-5H3. The van der Waals surface area contributed by atoms with Gasteiger partial charge in [-0.25, -0.2) is 0 Å². The maximum Gasteiger partial charge on any atom is -0.0368 e. The van der Waals surface area contributed by atoms with Gasteiger partial charge >= 0.3 is 0 Å². The maximum absolute atomic E-state index is 2.36. The highest BCUT2D eigenvalue weighted by Gasteiger charge is 2.17. The van der Waals surface area contributed by atoms with Gasteiger partial charge in [-0.3, -0.25) is 0 Å². The van der Waals surface area contributed by atoms with Crippen LogP contribution in [0.1, 0.15) is 203 Å². The first kappa shape index (κ1) is 49.9. The minimum atomic E-state index is 0.851. The lowest BCUT2D eigenvalue weighted by molar-refractivity contribution is 0.253. The third-order valence-electron chi connectivity index (χ3n) is 9.46. The lowest BCUT2D eigenvalue weighted by atomic mass is 9.81. The molecule has 0 fully saturated rings. The fourth-order valence-electron chi connectivity index (χ4n) is 6.15. The lowest BCUT2D eigenvalue weighted by Crippen LogP contribution is -2.16. The predicted molar refractivity (Wildman–Crippen MR) is 206 cm³/mol. The molecule has 0 N–H and O–H groups in total. The first-order chi connectivity index (χ1) is 19.6. The zero-order chi connectivity index (χ0) is 34.9. The van der Waals surface area contributed by atoms with E-state index in [4.69, 9.17) is 0 Å². The zero-order valence-electron chi connectivity index (χ0n) is 34.9. The molecular weight excluding hydrogens is 516 g/mol. The second kappa shape index (κ2) is 30.6. The van der Waals surface area contributed by atoms with E-state index in [0.29, 0.717) is 0 Å². The topological polar surface area (TPSA) is 0 Å². The molecule has 0 rings (SSSR count). The van der Waals surface area contributed by atoms with Crippen LogP contribution in [0.5, 0.6) is 0 Å². The highest BCUT2D eigenvalue weighted by molar-refractivity contribution is 4.67. The Morgan fingerprint density at radius 1 is 0.326 bits per heavy atom. The van der Waals surface area contributed by atoms with Gasteiger partial charge in [-0.15, -0.1) is 0 Å². The molecule has 0 aliphatic rings. The van der Waals surface area contributed by atoms with E-state index in [2.05, 4.69) is 145 Å². The molecule has 0 amide bonds. The van der Waals surface area contributed by atoms with E-state index >= 15 is 0 Å².